The summed E-state index contributed by atoms with van der Waals surface area (Å²) >= 11 is 0. The first-order chi connectivity index (χ1) is 14.5. The number of benzene rings is 2. The molecule has 0 radical (unpaired) electrons. The molecule has 0 aromatic heterocycles. The number of amides is 1. The Morgan fingerprint density at radius 1 is 1.06 bits per heavy atom. The highest BCUT2D eigenvalue weighted by Crippen LogP contribution is 2.49. The fourth-order valence-electron chi connectivity index (χ4n) is 3.63. The molecule has 0 spiro atoms. The number of nitrogens with one attached hydrogen (secondary N) is 2. The maximum atomic E-state index is 12.0. The minimum Gasteiger partial charge on any atom is -0.454 e. The fraction of sp³-hybridized carbons (Fsp3) is 0.391. The fourth-order valence-corrected chi connectivity index (χ4v) is 3.63. The third kappa shape index (κ3) is 5.23. The molecule has 166 valence electrons. The number of nitrogens with zero attached hydrogens (tertiary/aromatic N) is 2. The normalized spacial score (nSPS) is 15.6. The second kappa shape index (κ2) is 9.76. The smallest absolute Gasteiger partial charge is 0.253 e. The van der Waals surface area contributed by atoms with E-state index < -0.39 is 0 Å². The van der Waals surface area contributed by atoms with Crippen LogP contribution in [-0.2, 0) is 12.0 Å². The van der Waals surface area contributed by atoms with Gasteiger partial charge in [0.2, 0.25) is 6.79 Å². The van der Waals surface area contributed by atoms with Crippen LogP contribution in [0.2, 0.25) is 0 Å². The molecule has 0 unspecified atom stereocenters. The van der Waals surface area contributed by atoms with Gasteiger partial charge in [0.1, 0.15) is 0 Å². The van der Waals surface area contributed by atoms with Crippen molar-refractivity contribution < 1.29 is 14.3 Å². The monoisotopic (exact) mass is 536 g/mol. The number of aliphatic imine (C=N–C) groups is 1. The van der Waals surface area contributed by atoms with Crippen molar-refractivity contribution in [1.82, 2.24) is 15.5 Å². The van der Waals surface area contributed by atoms with Crippen LogP contribution in [0.4, 0.5) is 0 Å². The number of rotatable bonds is 6. The number of carbonyl (C=O) groups is 1. The average molecular weight is 536 g/mol. The molecule has 2 aromatic rings. The summed E-state index contributed by atoms with van der Waals surface area (Å²) in [5.41, 5.74) is 3.17. The number of ether oxygens (including phenoxy) is 2. The van der Waals surface area contributed by atoms with Crippen molar-refractivity contribution in [2.45, 2.75) is 24.8 Å². The van der Waals surface area contributed by atoms with E-state index in [2.05, 4.69) is 27.8 Å². The van der Waals surface area contributed by atoms with Gasteiger partial charge in [-0.25, -0.2) is 0 Å². The van der Waals surface area contributed by atoms with Crippen molar-refractivity contribution in [2.24, 2.45) is 4.99 Å². The lowest BCUT2D eigenvalue weighted by Gasteiger charge is -2.19. The van der Waals surface area contributed by atoms with E-state index in [9.17, 15) is 4.79 Å². The maximum Gasteiger partial charge on any atom is 0.253 e. The molecule has 2 N–H and O–H groups in total. The Morgan fingerprint density at radius 3 is 2.42 bits per heavy atom. The van der Waals surface area contributed by atoms with Crippen LogP contribution in [0.5, 0.6) is 11.5 Å². The van der Waals surface area contributed by atoms with Gasteiger partial charge in [-0.05, 0) is 48.2 Å². The summed E-state index contributed by atoms with van der Waals surface area (Å²) in [6.07, 6.45) is 2.27. The van der Waals surface area contributed by atoms with Crippen LogP contribution in [0.3, 0.4) is 0 Å². The van der Waals surface area contributed by atoms with Gasteiger partial charge >= 0.3 is 0 Å². The topological polar surface area (TPSA) is 75.2 Å². The quantitative estimate of drug-likeness (QED) is 0.337. The Balaban J connectivity index is 0.00000272. The summed E-state index contributed by atoms with van der Waals surface area (Å²) in [5, 5.41) is 6.81. The van der Waals surface area contributed by atoms with Crippen LogP contribution in [0.15, 0.2) is 47.5 Å². The Kier molecular flexibility index (Phi) is 7.30. The zero-order chi connectivity index (χ0) is 21.1. The predicted molar refractivity (Wildman–Crippen MR) is 132 cm³/mol. The molecule has 1 heterocycles. The molecule has 1 aliphatic carbocycles. The lowest BCUT2D eigenvalue weighted by molar-refractivity contribution is 0.0827. The molecule has 1 amide bonds. The maximum absolute atomic E-state index is 12.0. The summed E-state index contributed by atoms with van der Waals surface area (Å²) in [7, 11) is 5.28. The van der Waals surface area contributed by atoms with Crippen LogP contribution in [0.1, 0.15) is 34.3 Å². The highest BCUT2D eigenvalue weighted by Gasteiger charge is 2.44. The number of fused-ring (bicyclic) bond motifs is 1. The molecular formula is C23H29IN4O3. The standard InChI is InChI=1S/C23H28N4O3.HI/c1-24-22(25-13-16-4-6-17(7-5-16)21(28)27(2)3)26-14-23(10-11-23)18-8-9-19-20(12-18)30-15-29-19;/h4-9,12H,10-11,13-15H2,1-3H3,(H2,24,25,26);1H. The lowest BCUT2D eigenvalue weighted by Crippen LogP contribution is -2.40. The summed E-state index contributed by atoms with van der Waals surface area (Å²) in [6, 6.07) is 13.9. The first-order valence-corrected chi connectivity index (χ1v) is 10.2. The van der Waals surface area contributed by atoms with Gasteiger partial charge < -0.3 is 25.0 Å². The van der Waals surface area contributed by atoms with Gasteiger partial charge in [-0.3, -0.25) is 9.79 Å². The van der Waals surface area contributed by atoms with Crippen LogP contribution in [-0.4, -0.2) is 51.2 Å². The first-order valence-electron chi connectivity index (χ1n) is 10.2. The van der Waals surface area contributed by atoms with Crippen molar-refractivity contribution in [3.8, 4) is 11.5 Å². The zero-order valence-corrected chi connectivity index (χ0v) is 20.4. The third-order valence-electron chi connectivity index (χ3n) is 5.72. The van der Waals surface area contributed by atoms with Crippen LogP contribution in [0, 0.1) is 0 Å². The predicted octanol–water partition coefficient (Wildman–Crippen LogP) is 3.13. The van der Waals surface area contributed by atoms with E-state index in [0.29, 0.717) is 18.9 Å². The highest BCUT2D eigenvalue weighted by molar-refractivity contribution is 14.0. The largest absolute Gasteiger partial charge is 0.454 e. The summed E-state index contributed by atoms with van der Waals surface area (Å²) < 4.78 is 11.0. The highest BCUT2D eigenvalue weighted by atomic mass is 127. The molecule has 0 saturated heterocycles. The second-order valence-corrected chi connectivity index (χ2v) is 8.02. The van der Waals surface area contributed by atoms with Crippen molar-refractivity contribution in [2.75, 3.05) is 34.5 Å². The number of guanidine groups is 1. The second-order valence-electron chi connectivity index (χ2n) is 8.02. The molecular weight excluding hydrogens is 507 g/mol. The van der Waals surface area contributed by atoms with Crippen LogP contribution >= 0.6 is 24.0 Å². The third-order valence-corrected chi connectivity index (χ3v) is 5.72. The summed E-state index contributed by atoms with van der Waals surface area (Å²) in [5.74, 6) is 2.41. The van der Waals surface area contributed by atoms with Crippen LogP contribution in [0.25, 0.3) is 0 Å². The number of halogens is 1. The number of carbonyl (C=O) groups excluding carboxylic acids is 1. The lowest BCUT2D eigenvalue weighted by atomic mass is 9.95. The van der Waals surface area contributed by atoms with Crippen molar-refractivity contribution in [3.63, 3.8) is 0 Å². The van der Waals surface area contributed by atoms with Gasteiger partial charge in [0.15, 0.2) is 17.5 Å². The molecule has 1 saturated carbocycles. The van der Waals surface area contributed by atoms with E-state index in [1.807, 2.05) is 30.3 Å². The van der Waals surface area contributed by atoms with E-state index in [0.717, 1.165) is 42.4 Å². The van der Waals surface area contributed by atoms with Gasteiger partial charge in [-0.1, -0.05) is 18.2 Å². The molecule has 0 bridgehead atoms. The minimum atomic E-state index is 0. The van der Waals surface area contributed by atoms with Crippen molar-refractivity contribution >= 4 is 35.8 Å². The SMILES string of the molecule is CN=C(NCc1ccc(C(=O)N(C)C)cc1)NCC1(c2ccc3c(c2)OCO3)CC1.I. The van der Waals surface area contributed by atoms with Gasteiger partial charge in [-0.15, -0.1) is 24.0 Å². The summed E-state index contributed by atoms with van der Waals surface area (Å²) in [6.45, 7) is 1.74. The van der Waals surface area contributed by atoms with Gasteiger partial charge in [0.05, 0.1) is 0 Å². The Hall–Kier alpha value is -2.49. The van der Waals surface area contributed by atoms with Gasteiger partial charge in [-0.2, -0.15) is 0 Å². The van der Waals surface area contributed by atoms with E-state index in [1.54, 1.807) is 26.0 Å². The van der Waals surface area contributed by atoms with E-state index in [-0.39, 0.29) is 35.3 Å². The minimum absolute atomic E-state index is 0. The average Bonchev–Trinajstić information content (AvgIpc) is 3.41. The molecule has 31 heavy (non-hydrogen) atoms. The Morgan fingerprint density at radius 2 is 1.77 bits per heavy atom. The number of hydrogen-bond donors (Lipinski definition) is 2. The molecule has 2 aliphatic rings. The summed E-state index contributed by atoms with van der Waals surface area (Å²) in [4.78, 5) is 17.9. The molecule has 4 rings (SSSR count). The van der Waals surface area contributed by atoms with E-state index >= 15 is 0 Å². The van der Waals surface area contributed by atoms with Crippen molar-refractivity contribution in [1.29, 1.82) is 0 Å². The molecule has 1 fully saturated rings. The molecule has 7 nitrogen and oxygen atoms in total. The van der Waals surface area contributed by atoms with E-state index in [4.69, 9.17) is 9.47 Å². The molecule has 2 aromatic carbocycles. The molecule has 8 heteroatoms. The van der Waals surface area contributed by atoms with Gasteiger partial charge in [0, 0.05) is 45.2 Å². The Labute approximate surface area is 200 Å². The number of hydrogen-bond acceptors (Lipinski definition) is 4. The van der Waals surface area contributed by atoms with E-state index in [1.165, 1.54) is 5.56 Å². The van der Waals surface area contributed by atoms with Gasteiger partial charge in [0.25, 0.3) is 5.91 Å². The zero-order valence-electron chi connectivity index (χ0n) is 18.1. The molecule has 1 aliphatic heterocycles. The first kappa shape index (κ1) is 23.2. The van der Waals surface area contributed by atoms with Crippen molar-refractivity contribution in [3.05, 3.63) is 59.2 Å². The Bertz CT molecular complexity index is 956. The molecule has 0 atom stereocenters. The van der Waals surface area contributed by atoms with Crippen LogP contribution < -0.4 is 20.1 Å².